The molecule has 0 fully saturated rings. The van der Waals surface area contributed by atoms with Gasteiger partial charge in [-0.2, -0.15) is 0 Å². The van der Waals surface area contributed by atoms with E-state index < -0.39 is 0 Å². The van der Waals surface area contributed by atoms with Gasteiger partial charge in [-0.1, -0.05) is 32.0 Å². The summed E-state index contributed by atoms with van der Waals surface area (Å²) in [5, 5.41) is 0. The lowest BCUT2D eigenvalue weighted by atomic mass is 9.81. The van der Waals surface area contributed by atoms with Gasteiger partial charge in [0.1, 0.15) is 0 Å². The summed E-state index contributed by atoms with van der Waals surface area (Å²) in [6.07, 6.45) is 2.18. The summed E-state index contributed by atoms with van der Waals surface area (Å²) in [6, 6.07) is 8.39. The second kappa shape index (κ2) is 4.02. The number of fused-ring (bicyclic) bond motifs is 1. The van der Waals surface area contributed by atoms with Crippen molar-refractivity contribution in [3.63, 3.8) is 0 Å². The molecule has 0 saturated heterocycles. The second-order valence-corrected chi connectivity index (χ2v) is 5.32. The molecule has 0 bridgehead atoms. The van der Waals surface area contributed by atoms with Crippen LogP contribution >= 0.6 is 0 Å². The summed E-state index contributed by atoms with van der Waals surface area (Å²) < 4.78 is 0. The van der Waals surface area contributed by atoms with Gasteiger partial charge in [0.05, 0.1) is 11.4 Å². The first kappa shape index (κ1) is 11.9. The van der Waals surface area contributed by atoms with Crippen molar-refractivity contribution in [2.24, 2.45) is 4.99 Å². The fourth-order valence-corrected chi connectivity index (χ4v) is 2.05. The van der Waals surface area contributed by atoms with Gasteiger partial charge < -0.3 is 4.90 Å². The van der Waals surface area contributed by atoms with Crippen LogP contribution in [0.15, 0.2) is 41.0 Å². The van der Waals surface area contributed by atoms with E-state index in [1.807, 2.05) is 6.07 Å². The fourth-order valence-electron chi connectivity index (χ4n) is 2.05. The summed E-state index contributed by atoms with van der Waals surface area (Å²) in [7, 11) is 4.11. The van der Waals surface area contributed by atoms with Gasteiger partial charge in [-0.3, -0.25) is 4.99 Å². The molecule has 2 heteroatoms. The topological polar surface area (TPSA) is 15.6 Å². The summed E-state index contributed by atoms with van der Waals surface area (Å²) in [6.45, 7) is 6.58. The van der Waals surface area contributed by atoms with E-state index in [9.17, 15) is 0 Å². The van der Waals surface area contributed by atoms with Gasteiger partial charge in [0.15, 0.2) is 0 Å². The number of benzene rings is 1. The Hall–Kier alpha value is -1.57. The average molecular weight is 228 g/mol. The van der Waals surface area contributed by atoms with Gasteiger partial charge in [0, 0.05) is 25.2 Å². The smallest absolute Gasteiger partial charge is 0.0674 e. The quantitative estimate of drug-likeness (QED) is 0.756. The van der Waals surface area contributed by atoms with E-state index in [0.717, 1.165) is 11.4 Å². The number of hydrogen-bond acceptors (Lipinski definition) is 2. The minimum absolute atomic E-state index is 0.00780. The van der Waals surface area contributed by atoms with Crippen LogP contribution < -0.4 is 0 Å². The lowest BCUT2D eigenvalue weighted by Crippen LogP contribution is -2.25. The molecule has 1 aromatic carbocycles. The van der Waals surface area contributed by atoms with E-state index in [-0.39, 0.29) is 5.41 Å². The first-order valence-corrected chi connectivity index (χ1v) is 5.97. The SMILES string of the molecule is C/C(=C\C1=Nc2ccccc2C1(C)C)N(C)C. The Kier molecular flexibility index (Phi) is 2.82. The molecule has 0 N–H and O–H groups in total. The summed E-state index contributed by atoms with van der Waals surface area (Å²) in [5.74, 6) is 0. The van der Waals surface area contributed by atoms with Crippen LogP contribution in [0.2, 0.25) is 0 Å². The predicted octanol–water partition coefficient (Wildman–Crippen LogP) is 3.52. The fraction of sp³-hybridized carbons (Fsp3) is 0.400. The summed E-state index contributed by atoms with van der Waals surface area (Å²) >= 11 is 0. The third kappa shape index (κ3) is 1.99. The van der Waals surface area contributed by atoms with Gasteiger partial charge in [0.25, 0.3) is 0 Å². The van der Waals surface area contributed by atoms with Crippen LogP contribution in [0.25, 0.3) is 0 Å². The van der Waals surface area contributed by atoms with E-state index in [0.29, 0.717) is 0 Å². The Bertz CT molecular complexity index is 493. The Morgan fingerprint density at radius 2 is 1.88 bits per heavy atom. The zero-order chi connectivity index (χ0) is 12.6. The molecule has 0 aromatic heterocycles. The minimum Gasteiger partial charge on any atom is -0.381 e. The molecular weight excluding hydrogens is 208 g/mol. The van der Waals surface area contributed by atoms with Crippen LogP contribution in [0.3, 0.4) is 0 Å². The highest BCUT2D eigenvalue weighted by Gasteiger charge is 2.33. The van der Waals surface area contributed by atoms with E-state index in [2.05, 4.69) is 64.0 Å². The molecule has 1 aliphatic rings. The van der Waals surface area contributed by atoms with Gasteiger partial charge in [-0.15, -0.1) is 0 Å². The lowest BCUT2D eigenvalue weighted by molar-refractivity contribution is 0.514. The lowest BCUT2D eigenvalue weighted by Gasteiger charge is -2.22. The third-order valence-corrected chi connectivity index (χ3v) is 3.51. The second-order valence-electron chi connectivity index (χ2n) is 5.32. The number of aliphatic imine (C=N–C) groups is 1. The van der Waals surface area contributed by atoms with Crippen molar-refractivity contribution in [1.82, 2.24) is 4.90 Å². The van der Waals surface area contributed by atoms with Crippen LogP contribution in [0.1, 0.15) is 26.3 Å². The highest BCUT2D eigenvalue weighted by atomic mass is 15.1. The zero-order valence-corrected chi connectivity index (χ0v) is 11.3. The zero-order valence-electron chi connectivity index (χ0n) is 11.3. The van der Waals surface area contributed by atoms with Gasteiger partial charge in [-0.25, -0.2) is 0 Å². The normalized spacial score (nSPS) is 17.7. The van der Waals surface area contributed by atoms with Crippen molar-refractivity contribution in [3.8, 4) is 0 Å². The molecule has 0 amide bonds. The molecular formula is C15H20N2. The van der Waals surface area contributed by atoms with E-state index in [1.165, 1.54) is 11.3 Å². The first-order chi connectivity index (χ1) is 7.93. The largest absolute Gasteiger partial charge is 0.381 e. The molecule has 1 aromatic rings. The van der Waals surface area contributed by atoms with Crippen molar-refractivity contribution in [2.75, 3.05) is 14.1 Å². The first-order valence-electron chi connectivity index (χ1n) is 5.97. The van der Waals surface area contributed by atoms with Crippen molar-refractivity contribution < 1.29 is 0 Å². The molecule has 0 radical (unpaired) electrons. The van der Waals surface area contributed by atoms with Crippen LogP contribution in [-0.2, 0) is 5.41 Å². The van der Waals surface area contributed by atoms with Crippen LogP contribution in [0.5, 0.6) is 0 Å². The van der Waals surface area contributed by atoms with Crippen molar-refractivity contribution in [3.05, 3.63) is 41.6 Å². The van der Waals surface area contributed by atoms with E-state index in [4.69, 9.17) is 4.99 Å². The molecule has 2 nitrogen and oxygen atoms in total. The van der Waals surface area contributed by atoms with Gasteiger partial charge >= 0.3 is 0 Å². The number of hydrogen-bond donors (Lipinski definition) is 0. The summed E-state index contributed by atoms with van der Waals surface area (Å²) in [4.78, 5) is 6.85. The van der Waals surface area contributed by atoms with Crippen molar-refractivity contribution in [2.45, 2.75) is 26.2 Å². The van der Waals surface area contributed by atoms with Crippen LogP contribution in [0, 0.1) is 0 Å². The molecule has 0 spiro atoms. The molecule has 1 heterocycles. The number of rotatable bonds is 2. The van der Waals surface area contributed by atoms with Gasteiger partial charge in [0.2, 0.25) is 0 Å². The third-order valence-electron chi connectivity index (χ3n) is 3.51. The maximum absolute atomic E-state index is 4.74. The Balaban J connectivity index is 2.44. The molecule has 0 aliphatic carbocycles. The van der Waals surface area contributed by atoms with E-state index in [1.54, 1.807) is 0 Å². The molecule has 0 unspecified atom stereocenters. The maximum Gasteiger partial charge on any atom is 0.0674 e. The summed E-state index contributed by atoms with van der Waals surface area (Å²) in [5.41, 5.74) is 4.80. The molecule has 0 atom stereocenters. The Labute approximate surface area is 104 Å². The molecule has 0 saturated carbocycles. The average Bonchev–Trinajstić information content (AvgIpc) is 2.51. The number of nitrogens with zero attached hydrogens (tertiary/aromatic N) is 2. The molecule has 1 aliphatic heterocycles. The monoisotopic (exact) mass is 228 g/mol. The Morgan fingerprint density at radius 1 is 1.24 bits per heavy atom. The molecule has 2 rings (SSSR count). The van der Waals surface area contributed by atoms with Crippen molar-refractivity contribution >= 4 is 11.4 Å². The predicted molar refractivity (Wildman–Crippen MR) is 74.0 cm³/mol. The van der Waals surface area contributed by atoms with Crippen molar-refractivity contribution in [1.29, 1.82) is 0 Å². The highest BCUT2D eigenvalue weighted by molar-refractivity contribution is 6.08. The minimum atomic E-state index is 0.00780. The maximum atomic E-state index is 4.74. The van der Waals surface area contributed by atoms with Crippen LogP contribution in [-0.4, -0.2) is 24.7 Å². The Morgan fingerprint density at radius 3 is 2.47 bits per heavy atom. The van der Waals surface area contributed by atoms with E-state index >= 15 is 0 Å². The number of allylic oxidation sites excluding steroid dienone is 2. The highest BCUT2D eigenvalue weighted by Crippen LogP contribution is 2.40. The molecule has 90 valence electrons. The van der Waals surface area contributed by atoms with Crippen LogP contribution in [0.4, 0.5) is 5.69 Å². The number of para-hydroxylation sites is 1. The van der Waals surface area contributed by atoms with Gasteiger partial charge in [-0.05, 0) is 24.6 Å². The standard InChI is InChI=1S/C15H20N2/c1-11(17(4)5)10-14-15(2,3)12-8-6-7-9-13(12)16-14/h6-10H,1-5H3/b11-10+. The molecule has 17 heavy (non-hydrogen) atoms.